The molecule has 0 radical (unpaired) electrons. The van der Waals surface area contributed by atoms with Gasteiger partial charge in [0, 0.05) is 0 Å². The summed E-state index contributed by atoms with van der Waals surface area (Å²) >= 11 is 0. The third-order valence-corrected chi connectivity index (χ3v) is 1.29. The van der Waals surface area contributed by atoms with Crippen molar-refractivity contribution < 1.29 is 26.8 Å². The Bertz CT molecular complexity index is 128. The Morgan fingerprint density at radius 3 is 2.27 bits per heavy atom. The quantitative estimate of drug-likeness (QED) is 0.431. The molecule has 0 aromatic carbocycles. The van der Waals surface area contributed by atoms with Crippen molar-refractivity contribution >= 4 is 5.91 Å². The van der Waals surface area contributed by atoms with Crippen LogP contribution in [0, 0.1) is 0 Å². The maximum atomic E-state index is 10.4. The summed E-state index contributed by atoms with van der Waals surface area (Å²) < 4.78 is 0.450. The van der Waals surface area contributed by atoms with Crippen LogP contribution in [0.15, 0.2) is 0 Å². The number of aliphatic hydroxyl groups is 1. The average molecular weight is 183 g/mol. The van der Waals surface area contributed by atoms with E-state index in [0.29, 0.717) is 11.0 Å². The first-order chi connectivity index (χ1) is 4.48. The van der Waals surface area contributed by atoms with E-state index in [9.17, 15) is 4.79 Å². The van der Waals surface area contributed by atoms with Crippen LogP contribution in [0.5, 0.6) is 0 Å². The zero-order valence-electron chi connectivity index (χ0n) is 6.88. The molecule has 0 rings (SSSR count). The molecule has 0 saturated heterocycles. The number of amides is 1. The fraction of sp³-hybridized carbons (Fsp3) is 0.833. The van der Waals surface area contributed by atoms with Gasteiger partial charge in [-0.15, -0.1) is 0 Å². The zero-order valence-corrected chi connectivity index (χ0v) is 7.64. The Morgan fingerprint density at radius 1 is 1.55 bits per heavy atom. The van der Waals surface area contributed by atoms with Gasteiger partial charge in [-0.05, 0) is 0 Å². The number of halogens is 1. The molecule has 0 atom stereocenters. The number of nitrogens with zero attached hydrogens (tertiary/aromatic N) is 1. The lowest BCUT2D eigenvalue weighted by Gasteiger charge is -2.26. The highest BCUT2D eigenvalue weighted by Gasteiger charge is 2.16. The van der Waals surface area contributed by atoms with E-state index in [1.807, 2.05) is 14.1 Å². The molecular weight excluding hydrogens is 168 g/mol. The van der Waals surface area contributed by atoms with Crippen LogP contribution in [0.3, 0.4) is 0 Å². The predicted molar refractivity (Wildman–Crippen MR) is 38.1 cm³/mol. The summed E-state index contributed by atoms with van der Waals surface area (Å²) in [5, 5.41) is 8.55. The molecule has 4 nitrogen and oxygen atoms in total. The van der Waals surface area contributed by atoms with Crippen molar-refractivity contribution in [1.82, 2.24) is 0 Å². The van der Waals surface area contributed by atoms with Crippen LogP contribution in [0.2, 0.25) is 0 Å². The molecule has 0 aliphatic heterocycles. The molecule has 1 amide bonds. The van der Waals surface area contributed by atoms with Gasteiger partial charge in [0.05, 0.1) is 20.7 Å². The van der Waals surface area contributed by atoms with E-state index >= 15 is 0 Å². The minimum atomic E-state index is -0.335. The van der Waals surface area contributed by atoms with E-state index < -0.39 is 0 Å². The van der Waals surface area contributed by atoms with Crippen LogP contribution in [-0.2, 0) is 4.79 Å². The second-order valence-corrected chi connectivity index (χ2v) is 3.01. The van der Waals surface area contributed by atoms with Crippen LogP contribution in [-0.4, -0.2) is 49.3 Å². The van der Waals surface area contributed by atoms with E-state index in [1.165, 1.54) is 0 Å². The third kappa shape index (κ3) is 7.58. The van der Waals surface area contributed by atoms with Crippen LogP contribution in [0.1, 0.15) is 0 Å². The third-order valence-electron chi connectivity index (χ3n) is 1.29. The smallest absolute Gasteiger partial charge is 0.272 e. The van der Waals surface area contributed by atoms with Crippen LogP contribution in [0.25, 0.3) is 0 Å². The largest absolute Gasteiger partial charge is 1.00 e. The van der Waals surface area contributed by atoms with Crippen molar-refractivity contribution in [2.75, 3.05) is 33.8 Å². The molecule has 0 aromatic heterocycles. The Labute approximate surface area is 73.0 Å². The van der Waals surface area contributed by atoms with Gasteiger partial charge in [-0.3, -0.25) is 4.79 Å². The Hall–Kier alpha value is -0.320. The first-order valence-corrected chi connectivity index (χ1v) is 3.19. The van der Waals surface area contributed by atoms with Gasteiger partial charge in [0.25, 0.3) is 5.91 Å². The summed E-state index contributed by atoms with van der Waals surface area (Å²) in [7, 11) is 3.70. The number of primary amides is 1. The van der Waals surface area contributed by atoms with Gasteiger partial charge in [-0.2, -0.15) is 0 Å². The van der Waals surface area contributed by atoms with Crippen LogP contribution >= 0.6 is 0 Å². The summed E-state index contributed by atoms with van der Waals surface area (Å²) in [6.45, 7) is 0.920. The number of quaternary nitrogens is 1. The van der Waals surface area contributed by atoms with E-state index in [2.05, 4.69) is 0 Å². The molecular formula is C6H15ClN2O2. The second-order valence-electron chi connectivity index (χ2n) is 3.01. The highest BCUT2D eigenvalue weighted by atomic mass is 35.5. The van der Waals surface area contributed by atoms with Crippen molar-refractivity contribution in [2.24, 2.45) is 5.73 Å². The normalized spacial score (nSPS) is 10.5. The summed E-state index contributed by atoms with van der Waals surface area (Å²) in [5.41, 5.74) is 4.97. The van der Waals surface area contributed by atoms with E-state index in [0.717, 1.165) is 0 Å². The lowest BCUT2D eigenvalue weighted by molar-refractivity contribution is -0.882. The molecule has 11 heavy (non-hydrogen) atoms. The first kappa shape index (κ1) is 13.3. The number of carbonyl (C=O) groups is 1. The summed E-state index contributed by atoms with van der Waals surface area (Å²) in [6.07, 6.45) is 0. The van der Waals surface area contributed by atoms with Gasteiger partial charge in [-0.25, -0.2) is 0 Å². The maximum Gasteiger partial charge on any atom is 0.272 e. The zero-order chi connectivity index (χ0) is 8.20. The second kappa shape index (κ2) is 5.35. The van der Waals surface area contributed by atoms with Crippen molar-refractivity contribution in [3.05, 3.63) is 0 Å². The first-order valence-electron chi connectivity index (χ1n) is 3.19. The van der Waals surface area contributed by atoms with Crippen molar-refractivity contribution in [3.63, 3.8) is 0 Å². The molecule has 0 heterocycles. The minimum Gasteiger partial charge on any atom is -1.00 e. The van der Waals surface area contributed by atoms with Crippen LogP contribution in [0.4, 0.5) is 0 Å². The fourth-order valence-corrected chi connectivity index (χ4v) is 0.772. The maximum absolute atomic E-state index is 10.4. The van der Waals surface area contributed by atoms with Crippen molar-refractivity contribution in [2.45, 2.75) is 0 Å². The van der Waals surface area contributed by atoms with Gasteiger partial charge >= 0.3 is 0 Å². The molecule has 0 aromatic rings. The highest BCUT2D eigenvalue weighted by Crippen LogP contribution is 1.93. The summed E-state index contributed by atoms with van der Waals surface area (Å²) in [4.78, 5) is 10.4. The molecule has 68 valence electrons. The van der Waals surface area contributed by atoms with Gasteiger partial charge < -0.3 is 27.7 Å². The topological polar surface area (TPSA) is 63.3 Å². The lowest BCUT2D eigenvalue weighted by atomic mass is 10.4. The highest BCUT2D eigenvalue weighted by molar-refractivity contribution is 5.74. The van der Waals surface area contributed by atoms with Gasteiger partial charge in [0.1, 0.15) is 6.54 Å². The molecule has 5 heteroatoms. The molecule has 0 fully saturated rings. The molecule has 0 saturated carbocycles. The Kier molecular flexibility index (Phi) is 6.46. The summed E-state index contributed by atoms with van der Waals surface area (Å²) in [6, 6.07) is 0. The molecule has 3 N–H and O–H groups in total. The number of likely N-dealkylation sites (N-methyl/N-ethyl adjacent to an activating group) is 1. The Balaban J connectivity index is 0. The minimum absolute atomic E-state index is 0. The lowest BCUT2D eigenvalue weighted by Crippen LogP contribution is -3.00. The fourth-order valence-electron chi connectivity index (χ4n) is 0.772. The van der Waals surface area contributed by atoms with E-state index in [1.54, 1.807) is 0 Å². The van der Waals surface area contributed by atoms with Crippen molar-refractivity contribution in [1.29, 1.82) is 0 Å². The molecule has 0 bridgehead atoms. The number of aliphatic hydroxyl groups excluding tert-OH is 1. The number of rotatable bonds is 4. The number of nitrogens with two attached hydrogens (primary N) is 1. The molecule has 0 aliphatic rings. The Morgan fingerprint density at radius 2 is 2.00 bits per heavy atom. The SMILES string of the molecule is C[N+](C)(CCO)CC(N)=O.[Cl-]. The average Bonchev–Trinajstić information content (AvgIpc) is 1.59. The van der Waals surface area contributed by atoms with E-state index in [-0.39, 0.29) is 31.5 Å². The van der Waals surface area contributed by atoms with Gasteiger partial charge in [0.15, 0.2) is 6.54 Å². The summed E-state index contributed by atoms with van der Waals surface area (Å²) in [5.74, 6) is -0.335. The molecule has 0 unspecified atom stereocenters. The van der Waals surface area contributed by atoms with Crippen LogP contribution < -0.4 is 18.1 Å². The van der Waals surface area contributed by atoms with Crippen molar-refractivity contribution in [3.8, 4) is 0 Å². The van der Waals surface area contributed by atoms with Gasteiger partial charge in [-0.1, -0.05) is 0 Å². The molecule has 0 spiro atoms. The molecule has 0 aliphatic carbocycles. The predicted octanol–water partition coefficient (Wildman–Crippen LogP) is -4.46. The van der Waals surface area contributed by atoms with Gasteiger partial charge in [0.2, 0.25) is 0 Å². The number of carbonyl (C=O) groups excluding carboxylic acids is 1. The number of hydrogen-bond acceptors (Lipinski definition) is 2. The van der Waals surface area contributed by atoms with E-state index in [4.69, 9.17) is 10.8 Å². The number of hydrogen-bond donors (Lipinski definition) is 2. The standard InChI is InChI=1S/C6H14N2O2.ClH/c1-8(2,3-4-9)5-6(7)10;/h9H,3-5H2,1-2H3,(H-,7,10);1H. The monoisotopic (exact) mass is 182 g/mol.